The standard InChI is InChI=1S/C19H25N5O4S/c1-27-15-4-3-13(11-16(15)28-2)17(25)23-19-22-14(12-29-19)18(26)21-7-10-24-8-5-20-6-9-24/h3-4,11-12,20H,5-10H2,1-2H3,(H,21,26)(H,22,23,25). The molecule has 3 rings (SSSR count). The second kappa shape index (κ2) is 10.2. The zero-order chi connectivity index (χ0) is 20.6. The number of hydrogen-bond acceptors (Lipinski definition) is 8. The van der Waals surface area contributed by atoms with Crippen LogP contribution >= 0.6 is 11.3 Å². The summed E-state index contributed by atoms with van der Waals surface area (Å²) in [7, 11) is 3.04. The lowest BCUT2D eigenvalue weighted by Crippen LogP contribution is -2.46. The van der Waals surface area contributed by atoms with Crippen LogP contribution in [0.2, 0.25) is 0 Å². The van der Waals surface area contributed by atoms with Crippen LogP contribution in [0, 0.1) is 0 Å². The summed E-state index contributed by atoms with van der Waals surface area (Å²) in [5.41, 5.74) is 0.692. The zero-order valence-electron chi connectivity index (χ0n) is 16.5. The Labute approximate surface area is 173 Å². The molecule has 2 amide bonds. The number of thiazole rings is 1. The van der Waals surface area contributed by atoms with Gasteiger partial charge in [0.25, 0.3) is 11.8 Å². The lowest BCUT2D eigenvalue weighted by molar-refractivity contribution is 0.0941. The third-order valence-corrected chi connectivity index (χ3v) is 5.28. The van der Waals surface area contributed by atoms with Crippen molar-refractivity contribution in [2.45, 2.75) is 0 Å². The van der Waals surface area contributed by atoms with Crippen molar-refractivity contribution in [1.82, 2.24) is 20.5 Å². The fourth-order valence-electron chi connectivity index (χ4n) is 2.94. The van der Waals surface area contributed by atoms with Crippen molar-refractivity contribution < 1.29 is 19.1 Å². The van der Waals surface area contributed by atoms with Crippen molar-refractivity contribution in [2.75, 3.05) is 58.8 Å². The Kier molecular flexibility index (Phi) is 7.39. The normalized spacial score (nSPS) is 14.3. The Morgan fingerprint density at radius 2 is 1.93 bits per heavy atom. The summed E-state index contributed by atoms with van der Waals surface area (Å²) in [6.07, 6.45) is 0. The van der Waals surface area contributed by atoms with Gasteiger partial charge in [-0.05, 0) is 18.2 Å². The highest BCUT2D eigenvalue weighted by Crippen LogP contribution is 2.28. The smallest absolute Gasteiger partial charge is 0.270 e. The van der Waals surface area contributed by atoms with Crippen LogP contribution in [-0.2, 0) is 0 Å². The molecule has 156 valence electrons. The minimum absolute atomic E-state index is 0.247. The van der Waals surface area contributed by atoms with Gasteiger partial charge in [0.2, 0.25) is 0 Å². The van der Waals surface area contributed by atoms with E-state index < -0.39 is 0 Å². The molecule has 1 fully saturated rings. The minimum Gasteiger partial charge on any atom is -0.493 e. The third kappa shape index (κ3) is 5.66. The number of ether oxygens (including phenoxy) is 2. The van der Waals surface area contributed by atoms with Crippen LogP contribution in [0.25, 0.3) is 0 Å². The van der Waals surface area contributed by atoms with Crippen molar-refractivity contribution in [3.8, 4) is 11.5 Å². The van der Waals surface area contributed by atoms with Gasteiger partial charge in [0.05, 0.1) is 14.2 Å². The molecule has 3 N–H and O–H groups in total. The summed E-state index contributed by atoms with van der Waals surface area (Å²) >= 11 is 1.20. The molecule has 0 unspecified atom stereocenters. The Balaban J connectivity index is 1.52. The molecule has 1 aromatic heterocycles. The molecular formula is C19H25N5O4S. The highest BCUT2D eigenvalue weighted by Gasteiger charge is 2.15. The number of carbonyl (C=O) groups excluding carboxylic acids is 2. The lowest BCUT2D eigenvalue weighted by atomic mass is 10.2. The topological polar surface area (TPSA) is 105 Å². The SMILES string of the molecule is COc1ccc(C(=O)Nc2nc(C(=O)NCCN3CCNCC3)cs2)cc1OC. The molecule has 0 aliphatic carbocycles. The van der Waals surface area contributed by atoms with Gasteiger partial charge in [-0.1, -0.05) is 0 Å². The van der Waals surface area contributed by atoms with Gasteiger partial charge in [-0.3, -0.25) is 19.8 Å². The Hall–Kier alpha value is -2.69. The van der Waals surface area contributed by atoms with E-state index in [1.165, 1.54) is 25.6 Å². The van der Waals surface area contributed by atoms with Crippen molar-refractivity contribution in [3.05, 3.63) is 34.8 Å². The second-order valence-corrected chi connectivity index (χ2v) is 7.27. The molecule has 0 bridgehead atoms. The first-order valence-corrected chi connectivity index (χ1v) is 10.2. The van der Waals surface area contributed by atoms with Crippen molar-refractivity contribution in [2.24, 2.45) is 0 Å². The number of piperazine rings is 1. The molecule has 1 aliphatic heterocycles. The highest BCUT2D eigenvalue weighted by molar-refractivity contribution is 7.14. The van der Waals surface area contributed by atoms with Gasteiger partial charge >= 0.3 is 0 Å². The van der Waals surface area contributed by atoms with Crippen molar-refractivity contribution in [1.29, 1.82) is 0 Å². The molecule has 1 saturated heterocycles. The van der Waals surface area contributed by atoms with E-state index in [0.717, 1.165) is 32.7 Å². The molecule has 1 aliphatic rings. The van der Waals surface area contributed by atoms with E-state index in [1.807, 2.05) is 0 Å². The van der Waals surface area contributed by atoms with Crippen molar-refractivity contribution >= 4 is 28.3 Å². The number of aromatic nitrogens is 1. The molecule has 2 heterocycles. The summed E-state index contributed by atoms with van der Waals surface area (Å²) < 4.78 is 10.4. The molecular weight excluding hydrogens is 394 g/mol. The van der Waals surface area contributed by atoms with E-state index in [1.54, 1.807) is 23.6 Å². The lowest BCUT2D eigenvalue weighted by Gasteiger charge is -2.26. The number of amides is 2. The molecule has 0 atom stereocenters. The van der Waals surface area contributed by atoms with Crippen LogP contribution in [0.4, 0.5) is 5.13 Å². The van der Waals surface area contributed by atoms with E-state index in [0.29, 0.717) is 28.7 Å². The first kappa shape index (κ1) is 21.0. The fourth-order valence-corrected chi connectivity index (χ4v) is 3.62. The Bertz CT molecular complexity index is 851. The number of anilines is 1. The number of benzene rings is 1. The zero-order valence-corrected chi connectivity index (χ0v) is 17.3. The average Bonchev–Trinajstić information content (AvgIpc) is 3.22. The van der Waals surface area contributed by atoms with Gasteiger partial charge in [-0.25, -0.2) is 4.98 Å². The number of nitrogens with one attached hydrogen (secondary N) is 3. The predicted octanol–water partition coefficient (Wildman–Crippen LogP) is 1.05. The number of nitrogens with zero attached hydrogens (tertiary/aromatic N) is 2. The maximum atomic E-state index is 12.5. The number of hydrogen-bond donors (Lipinski definition) is 3. The van der Waals surface area contributed by atoms with Crippen LogP contribution in [-0.4, -0.2) is 75.2 Å². The van der Waals surface area contributed by atoms with Crippen LogP contribution in [0.1, 0.15) is 20.8 Å². The van der Waals surface area contributed by atoms with Crippen LogP contribution in [0.3, 0.4) is 0 Å². The van der Waals surface area contributed by atoms with Gasteiger partial charge in [0.1, 0.15) is 5.69 Å². The molecule has 9 nitrogen and oxygen atoms in total. The largest absolute Gasteiger partial charge is 0.493 e. The molecule has 29 heavy (non-hydrogen) atoms. The van der Waals surface area contributed by atoms with Gasteiger partial charge in [-0.15, -0.1) is 11.3 Å². The maximum Gasteiger partial charge on any atom is 0.270 e. The third-order valence-electron chi connectivity index (χ3n) is 4.53. The molecule has 0 spiro atoms. The highest BCUT2D eigenvalue weighted by atomic mass is 32.1. The molecule has 1 aromatic carbocycles. The van der Waals surface area contributed by atoms with E-state index in [-0.39, 0.29) is 17.5 Å². The molecule has 2 aromatic rings. The first-order valence-electron chi connectivity index (χ1n) is 9.31. The maximum absolute atomic E-state index is 12.5. The summed E-state index contributed by atoms with van der Waals surface area (Å²) in [5, 5.41) is 10.9. The number of carbonyl (C=O) groups is 2. The van der Waals surface area contributed by atoms with E-state index >= 15 is 0 Å². The molecule has 0 radical (unpaired) electrons. The molecule has 0 saturated carbocycles. The summed E-state index contributed by atoms with van der Waals surface area (Å²) in [5.74, 6) is 0.413. The minimum atomic E-state index is -0.342. The summed E-state index contributed by atoms with van der Waals surface area (Å²) in [6.45, 7) is 5.29. The van der Waals surface area contributed by atoms with E-state index in [4.69, 9.17) is 9.47 Å². The average molecular weight is 420 g/mol. The summed E-state index contributed by atoms with van der Waals surface area (Å²) in [4.78, 5) is 31.2. The molecule has 10 heteroatoms. The van der Waals surface area contributed by atoms with Gasteiger partial charge in [-0.2, -0.15) is 0 Å². The van der Waals surface area contributed by atoms with Gasteiger partial charge in [0.15, 0.2) is 16.6 Å². The van der Waals surface area contributed by atoms with Crippen LogP contribution in [0.15, 0.2) is 23.6 Å². The van der Waals surface area contributed by atoms with Crippen LogP contribution < -0.4 is 25.4 Å². The van der Waals surface area contributed by atoms with E-state index in [9.17, 15) is 9.59 Å². The Morgan fingerprint density at radius 1 is 1.17 bits per heavy atom. The van der Waals surface area contributed by atoms with Gasteiger partial charge < -0.3 is 20.1 Å². The first-order chi connectivity index (χ1) is 14.1. The number of rotatable bonds is 8. The van der Waals surface area contributed by atoms with Gasteiger partial charge in [0, 0.05) is 50.2 Å². The van der Waals surface area contributed by atoms with Crippen molar-refractivity contribution in [3.63, 3.8) is 0 Å². The second-order valence-electron chi connectivity index (χ2n) is 6.41. The number of methoxy groups -OCH3 is 2. The predicted molar refractivity (Wildman–Crippen MR) is 111 cm³/mol. The fraction of sp³-hybridized carbons (Fsp3) is 0.421. The Morgan fingerprint density at radius 3 is 2.66 bits per heavy atom. The monoisotopic (exact) mass is 419 g/mol. The quantitative estimate of drug-likeness (QED) is 0.587. The van der Waals surface area contributed by atoms with Crippen LogP contribution in [0.5, 0.6) is 11.5 Å². The van der Waals surface area contributed by atoms with E-state index in [2.05, 4.69) is 25.8 Å². The summed E-state index contributed by atoms with van der Waals surface area (Å²) in [6, 6.07) is 4.88.